The molecule has 2 aromatic carbocycles. The van der Waals surface area contributed by atoms with Crippen molar-refractivity contribution < 1.29 is 23.0 Å². The van der Waals surface area contributed by atoms with Crippen LogP contribution in [0.1, 0.15) is 56.2 Å². The van der Waals surface area contributed by atoms with Gasteiger partial charge in [-0.1, -0.05) is 12.1 Å². The third-order valence-corrected chi connectivity index (χ3v) is 5.14. The second kappa shape index (κ2) is 9.34. The number of carbonyl (C=O) groups excluding carboxylic acids is 1. The van der Waals surface area contributed by atoms with Crippen molar-refractivity contribution in [2.45, 2.75) is 51.7 Å². The van der Waals surface area contributed by atoms with Crippen LogP contribution in [0.15, 0.2) is 36.4 Å². The summed E-state index contributed by atoms with van der Waals surface area (Å²) in [5.41, 5.74) is 0.841. The SMILES string of the molecule is CC(C)(C)OC(=O)N1CCC(c2ccc(F)c(OCc3ccc(C#N)cc3F)c2)CC1. The van der Waals surface area contributed by atoms with Gasteiger partial charge in [-0.25, -0.2) is 13.6 Å². The van der Waals surface area contributed by atoms with Crippen molar-refractivity contribution in [3.05, 3.63) is 64.7 Å². The molecule has 0 spiro atoms. The summed E-state index contributed by atoms with van der Waals surface area (Å²) in [6.07, 6.45) is 1.14. The molecule has 164 valence electrons. The summed E-state index contributed by atoms with van der Waals surface area (Å²) in [5, 5.41) is 8.82. The number of nitrogens with zero attached hydrogens (tertiary/aromatic N) is 2. The van der Waals surface area contributed by atoms with Crippen molar-refractivity contribution in [1.82, 2.24) is 4.90 Å². The quantitative estimate of drug-likeness (QED) is 0.642. The van der Waals surface area contributed by atoms with Crippen LogP contribution in [0.4, 0.5) is 13.6 Å². The van der Waals surface area contributed by atoms with E-state index in [1.165, 1.54) is 18.2 Å². The molecule has 7 heteroatoms. The highest BCUT2D eigenvalue weighted by Gasteiger charge is 2.28. The number of nitriles is 1. The lowest BCUT2D eigenvalue weighted by Gasteiger charge is -2.33. The summed E-state index contributed by atoms with van der Waals surface area (Å²) in [7, 11) is 0. The summed E-state index contributed by atoms with van der Waals surface area (Å²) in [5.74, 6) is -0.877. The normalized spacial score (nSPS) is 14.8. The first-order valence-electron chi connectivity index (χ1n) is 10.2. The van der Waals surface area contributed by atoms with Gasteiger partial charge in [-0.05, 0) is 69.4 Å². The van der Waals surface area contributed by atoms with Gasteiger partial charge in [0.05, 0.1) is 11.6 Å². The Hall–Kier alpha value is -3.14. The van der Waals surface area contributed by atoms with E-state index in [1.54, 1.807) is 17.0 Å². The van der Waals surface area contributed by atoms with Gasteiger partial charge in [-0.3, -0.25) is 0 Å². The number of carbonyl (C=O) groups is 1. The zero-order valence-corrected chi connectivity index (χ0v) is 18.0. The van der Waals surface area contributed by atoms with Crippen LogP contribution in [0, 0.1) is 23.0 Å². The van der Waals surface area contributed by atoms with Gasteiger partial charge in [0.2, 0.25) is 0 Å². The van der Waals surface area contributed by atoms with E-state index in [-0.39, 0.29) is 35.5 Å². The minimum Gasteiger partial charge on any atom is -0.486 e. The number of benzene rings is 2. The van der Waals surface area contributed by atoms with Gasteiger partial charge in [0.15, 0.2) is 11.6 Å². The van der Waals surface area contributed by atoms with Crippen molar-refractivity contribution >= 4 is 6.09 Å². The molecule has 0 aliphatic carbocycles. The third-order valence-electron chi connectivity index (χ3n) is 5.14. The molecule has 5 nitrogen and oxygen atoms in total. The monoisotopic (exact) mass is 428 g/mol. The number of piperidine rings is 1. The third kappa shape index (κ3) is 5.94. The second-order valence-electron chi connectivity index (χ2n) is 8.64. The van der Waals surface area contributed by atoms with Crippen molar-refractivity contribution in [3.63, 3.8) is 0 Å². The molecule has 1 amide bonds. The number of ether oxygens (including phenoxy) is 2. The molecule has 1 saturated heterocycles. The summed E-state index contributed by atoms with van der Waals surface area (Å²) in [4.78, 5) is 13.9. The fraction of sp³-hybridized carbons (Fsp3) is 0.417. The molecule has 31 heavy (non-hydrogen) atoms. The van der Waals surface area contributed by atoms with E-state index < -0.39 is 17.2 Å². The molecule has 1 heterocycles. The maximum atomic E-state index is 14.3. The van der Waals surface area contributed by atoms with Crippen molar-refractivity contribution in [3.8, 4) is 11.8 Å². The lowest BCUT2D eigenvalue weighted by molar-refractivity contribution is 0.0204. The van der Waals surface area contributed by atoms with Crippen molar-refractivity contribution in [1.29, 1.82) is 5.26 Å². The smallest absolute Gasteiger partial charge is 0.410 e. The van der Waals surface area contributed by atoms with Crippen LogP contribution in [0.5, 0.6) is 5.75 Å². The molecule has 1 aliphatic heterocycles. The first-order chi connectivity index (χ1) is 14.7. The zero-order valence-electron chi connectivity index (χ0n) is 18.0. The van der Waals surface area contributed by atoms with E-state index in [0.717, 1.165) is 24.5 Å². The highest BCUT2D eigenvalue weighted by atomic mass is 19.1. The highest BCUT2D eigenvalue weighted by molar-refractivity contribution is 5.68. The van der Waals surface area contributed by atoms with Gasteiger partial charge in [0.1, 0.15) is 18.0 Å². The molecule has 0 N–H and O–H groups in total. The van der Waals surface area contributed by atoms with Crippen molar-refractivity contribution in [2.75, 3.05) is 13.1 Å². The van der Waals surface area contributed by atoms with E-state index >= 15 is 0 Å². The minimum absolute atomic E-state index is 0.0517. The maximum Gasteiger partial charge on any atom is 0.410 e. The molecule has 0 saturated carbocycles. The predicted molar refractivity (Wildman–Crippen MR) is 112 cm³/mol. The molecule has 0 radical (unpaired) electrons. The Kier molecular flexibility index (Phi) is 6.79. The topological polar surface area (TPSA) is 62.6 Å². The van der Waals surface area contributed by atoms with Crippen LogP contribution in [-0.4, -0.2) is 29.7 Å². The second-order valence-corrected chi connectivity index (χ2v) is 8.64. The maximum absolute atomic E-state index is 14.3. The van der Waals surface area contributed by atoms with E-state index in [0.29, 0.717) is 13.1 Å². The average Bonchev–Trinajstić information content (AvgIpc) is 2.72. The fourth-order valence-corrected chi connectivity index (χ4v) is 3.50. The number of halogens is 2. The molecular formula is C24H26F2N2O3. The standard InChI is InChI=1S/C24H26F2N2O3/c1-24(2,3)31-23(29)28-10-8-17(9-11-28)18-6-7-20(25)22(13-18)30-15-19-5-4-16(14-27)12-21(19)26/h4-7,12-13,17H,8-11,15H2,1-3H3. The lowest BCUT2D eigenvalue weighted by atomic mass is 9.89. The predicted octanol–water partition coefficient (Wildman–Crippen LogP) is 5.53. The molecule has 1 fully saturated rings. The number of hydrogen-bond acceptors (Lipinski definition) is 4. The van der Waals surface area contributed by atoms with Gasteiger partial charge < -0.3 is 14.4 Å². The van der Waals surface area contributed by atoms with E-state index in [4.69, 9.17) is 14.7 Å². The Balaban J connectivity index is 1.63. The Morgan fingerprint density at radius 2 is 1.84 bits per heavy atom. The largest absolute Gasteiger partial charge is 0.486 e. The zero-order chi connectivity index (χ0) is 22.6. The van der Waals surface area contributed by atoms with Crippen LogP contribution >= 0.6 is 0 Å². The number of rotatable bonds is 4. The number of amides is 1. The first-order valence-corrected chi connectivity index (χ1v) is 10.2. The molecule has 0 unspecified atom stereocenters. The fourth-order valence-electron chi connectivity index (χ4n) is 3.50. The molecule has 3 rings (SSSR count). The van der Waals surface area contributed by atoms with E-state index in [2.05, 4.69) is 0 Å². The highest BCUT2D eigenvalue weighted by Crippen LogP contribution is 2.32. The van der Waals surface area contributed by atoms with Crippen LogP contribution in [0.2, 0.25) is 0 Å². The van der Waals surface area contributed by atoms with E-state index in [9.17, 15) is 13.6 Å². The molecule has 0 atom stereocenters. The van der Waals surface area contributed by atoms with Gasteiger partial charge in [-0.15, -0.1) is 0 Å². The summed E-state index contributed by atoms with van der Waals surface area (Å²) < 4.78 is 39.3. The van der Waals surface area contributed by atoms with Crippen LogP contribution in [0.3, 0.4) is 0 Å². The summed E-state index contributed by atoms with van der Waals surface area (Å²) in [6, 6.07) is 10.7. The Morgan fingerprint density at radius 1 is 1.13 bits per heavy atom. The van der Waals surface area contributed by atoms with Gasteiger partial charge in [0.25, 0.3) is 0 Å². The molecule has 1 aliphatic rings. The number of hydrogen-bond donors (Lipinski definition) is 0. The Morgan fingerprint density at radius 3 is 2.45 bits per heavy atom. The van der Waals surface area contributed by atoms with Crippen molar-refractivity contribution in [2.24, 2.45) is 0 Å². The lowest BCUT2D eigenvalue weighted by Crippen LogP contribution is -2.41. The van der Waals surface area contributed by atoms with Gasteiger partial charge >= 0.3 is 6.09 Å². The Bertz CT molecular complexity index is 987. The summed E-state index contributed by atoms with van der Waals surface area (Å²) >= 11 is 0. The molecule has 0 bridgehead atoms. The minimum atomic E-state index is -0.565. The Labute approximate surface area is 181 Å². The summed E-state index contributed by atoms with van der Waals surface area (Å²) in [6.45, 7) is 6.48. The van der Waals surface area contributed by atoms with Crippen LogP contribution < -0.4 is 4.74 Å². The van der Waals surface area contributed by atoms with Crippen LogP contribution in [0.25, 0.3) is 0 Å². The van der Waals surface area contributed by atoms with E-state index in [1.807, 2.05) is 26.8 Å². The van der Waals surface area contributed by atoms with Gasteiger partial charge in [-0.2, -0.15) is 5.26 Å². The molecule has 0 aromatic heterocycles. The molecular weight excluding hydrogens is 402 g/mol. The first kappa shape index (κ1) is 22.5. The van der Waals surface area contributed by atoms with Crippen LogP contribution in [-0.2, 0) is 11.3 Å². The van der Waals surface area contributed by atoms with Gasteiger partial charge in [0, 0.05) is 18.7 Å². The number of likely N-dealkylation sites (tertiary alicyclic amines) is 1. The molecule has 2 aromatic rings. The average molecular weight is 428 g/mol.